The summed E-state index contributed by atoms with van der Waals surface area (Å²) in [5, 5.41) is 17.9. The van der Waals surface area contributed by atoms with Crippen molar-refractivity contribution in [3.8, 4) is 0 Å². The Morgan fingerprint density at radius 3 is 1.65 bits per heavy atom. The highest BCUT2D eigenvalue weighted by Crippen LogP contribution is 2.30. The summed E-state index contributed by atoms with van der Waals surface area (Å²) in [5.41, 5.74) is 0. The number of halogens is 4. The fourth-order valence-corrected chi connectivity index (χ4v) is 2.52. The molecular formula is C13H25F4NO2. The number of hydrogen-bond donors (Lipinski definition) is 2. The normalized spacial score (nSPS) is 34.0. The van der Waals surface area contributed by atoms with Gasteiger partial charge in [0.1, 0.15) is 0 Å². The van der Waals surface area contributed by atoms with Crippen LogP contribution in [0.1, 0.15) is 26.7 Å². The molecule has 7 heteroatoms. The second-order valence-electron chi connectivity index (χ2n) is 5.28. The zero-order chi connectivity index (χ0) is 14.6. The van der Waals surface area contributed by atoms with Crippen LogP contribution in [0, 0.1) is 11.8 Å². The Hall–Kier alpha value is -0.400. The van der Waals surface area contributed by atoms with Crippen LogP contribution in [0.3, 0.4) is 0 Å². The summed E-state index contributed by atoms with van der Waals surface area (Å²) >= 11 is 0. The van der Waals surface area contributed by atoms with Gasteiger partial charge >= 0.3 is 0 Å². The minimum Gasteiger partial charge on any atom is -0.393 e. The van der Waals surface area contributed by atoms with Crippen molar-refractivity contribution < 1.29 is 27.8 Å². The maximum Gasteiger partial charge on any atom is 0.245 e. The molecule has 1 aliphatic carbocycles. The lowest BCUT2D eigenvalue weighted by Gasteiger charge is -2.11. The molecule has 0 radical (unpaired) electrons. The molecule has 3 nitrogen and oxygen atoms in total. The number of rotatable bonds is 2. The van der Waals surface area contributed by atoms with Gasteiger partial charge in [-0.05, 0) is 19.9 Å². The fraction of sp³-hybridized carbons (Fsp3) is 1.00. The zero-order valence-corrected chi connectivity index (χ0v) is 10.9. The average molecular weight is 303 g/mol. The van der Waals surface area contributed by atoms with E-state index in [-0.39, 0.29) is 7.43 Å². The predicted octanol–water partition coefficient (Wildman–Crippen LogP) is 2.22. The summed E-state index contributed by atoms with van der Waals surface area (Å²) in [7, 11) is 1.73. The van der Waals surface area contributed by atoms with E-state index in [0.717, 1.165) is 6.42 Å². The quantitative estimate of drug-likeness (QED) is 0.769. The van der Waals surface area contributed by atoms with E-state index in [0.29, 0.717) is 25.9 Å². The molecule has 0 aromatic rings. The van der Waals surface area contributed by atoms with E-state index in [1.165, 1.54) is 0 Å². The van der Waals surface area contributed by atoms with Crippen LogP contribution < -0.4 is 0 Å². The maximum atomic E-state index is 12.0. The second-order valence-corrected chi connectivity index (χ2v) is 5.28. The van der Waals surface area contributed by atoms with E-state index in [4.69, 9.17) is 10.2 Å². The van der Waals surface area contributed by atoms with Gasteiger partial charge in [-0.1, -0.05) is 13.8 Å². The van der Waals surface area contributed by atoms with Gasteiger partial charge < -0.3 is 15.1 Å². The average Bonchev–Trinajstić information content (AvgIpc) is 2.85. The highest BCUT2D eigenvalue weighted by atomic mass is 19.3. The largest absolute Gasteiger partial charge is 0.393 e. The Balaban J connectivity index is 0.000000345. The molecule has 2 aliphatic rings. The van der Waals surface area contributed by atoms with Crippen molar-refractivity contribution in [2.45, 2.75) is 51.7 Å². The van der Waals surface area contributed by atoms with E-state index in [1.807, 2.05) is 0 Å². The van der Waals surface area contributed by atoms with Crippen molar-refractivity contribution >= 4 is 0 Å². The highest BCUT2D eigenvalue weighted by molar-refractivity contribution is 4.83. The molecule has 1 aliphatic heterocycles. The molecule has 1 saturated carbocycles. The molecule has 0 aromatic carbocycles. The van der Waals surface area contributed by atoms with Crippen molar-refractivity contribution in [2.75, 3.05) is 20.1 Å². The minimum atomic E-state index is -2.39. The third-order valence-electron chi connectivity index (χ3n) is 3.69. The number of β-amino-alcohol motifs (C(OH)–C–C–N with tert-alkyl or cyclic N) is 1. The smallest absolute Gasteiger partial charge is 0.245 e. The Morgan fingerprint density at radius 2 is 1.45 bits per heavy atom. The monoisotopic (exact) mass is 303 g/mol. The molecule has 2 N–H and O–H groups in total. The zero-order valence-electron chi connectivity index (χ0n) is 10.9. The van der Waals surface area contributed by atoms with Gasteiger partial charge in [-0.15, -0.1) is 0 Å². The summed E-state index contributed by atoms with van der Waals surface area (Å²) in [5.74, 6) is -1.59. The van der Waals surface area contributed by atoms with Gasteiger partial charge in [-0.3, -0.25) is 0 Å². The number of nitrogens with zero attached hydrogens (tertiary/aromatic N) is 1. The van der Waals surface area contributed by atoms with Crippen molar-refractivity contribution in [2.24, 2.45) is 11.8 Å². The highest BCUT2D eigenvalue weighted by Gasteiger charge is 2.35. The lowest BCUT2D eigenvalue weighted by Crippen LogP contribution is -2.24. The molecule has 2 fully saturated rings. The third kappa shape index (κ3) is 5.54. The Bertz CT molecular complexity index is 269. The Morgan fingerprint density at radius 1 is 0.900 bits per heavy atom. The van der Waals surface area contributed by atoms with Crippen LogP contribution in [0.25, 0.3) is 0 Å². The van der Waals surface area contributed by atoms with Crippen LogP contribution in [0.15, 0.2) is 0 Å². The van der Waals surface area contributed by atoms with Crippen molar-refractivity contribution in [1.29, 1.82) is 0 Å². The van der Waals surface area contributed by atoms with Crippen LogP contribution in [0.4, 0.5) is 17.6 Å². The molecule has 0 unspecified atom stereocenters. The molecule has 0 aromatic heterocycles. The van der Waals surface area contributed by atoms with E-state index in [2.05, 4.69) is 0 Å². The summed E-state index contributed by atoms with van der Waals surface area (Å²) in [6, 6.07) is 0. The van der Waals surface area contributed by atoms with Gasteiger partial charge in [-0.25, -0.2) is 17.6 Å². The number of alkyl halides is 4. The first-order valence-electron chi connectivity index (χ1n) is 6.44. The summed E-state index contributed by atoms with van der Waals surface area (Å²) in [6.45, 7) is 0.674. The second kappa shape index (κ2) is 8.79. The van der Waals surface area contributed by atoms with E-state index < -0.39 is 36.9 Å². The molecule has 1 heterocycles. The number of hydrogen-bond acceptors (Lipinski definition) is 3. The molecule has 0 spiro atoms. The summed E-state index contributed by atoms with van der Waals surface area (Å²) in [6.07, 6.45) is -4.53. The summed E-state index contributed by atoms with van der Waals surface area (Å²) < 4.78 is 47.6. The predicted molar refractivity (Wildman–Crippen MR) is 69.1 cm³/mol. The van der Waals surface area contributed by atoms with Crippen LogP contribution in [0.5, 0.6) is 0 Å². The molecule has 0 amide bonds. The first-order valence-corrected chi connectivity index (χ1v) is 6.44. The van der Waals surface area contributed by atoms with Gasteiger partial charge in [-0.2, -0.15) is 0 Å². The van der Waals surface area contributed by atoms with Gasteiger partial charge in [0.2, 0.25) is 12.9 Å². The van der Waals surface area contributed by atoms with Gasteiger partial charge in [0.15, 0.2) is 0 Å². The fourth-order valence-electron chi connectivity index (χ4n) is 2.52. The summed E-state index contributed by atoms with van der Waals surface area (Å²) in [4.78, 5) is 1.71. The molecular weight excluding hydrogens is 278 g/mol. The molecule has 1 saturated heterocycles. The number of likely N-dealkylation sites (N-methyl/N-ethyl adjacent to an activating group) is 1. The van der Waals surface area contributed by atoms with Crippen LogP contribution in [-0.4, -0.2) is 60.3 Å². The molecule has 122 valence electrons. The van der Waals surface area contributed by atoms with E-state index in [1.54, 1.807) is 11.9 Å². The van der Waals surface area contributed by atoms with E-state index >= 15 is 0 Å². The lowest BCUT2D eigenvalue weighted by molar-refractivity contribution is 0.0103. The number of aliphatic hydroxyl groups excluding tert-OH is 2. The molecule has 4 atom stereocenters. The van der Waals surface area contributed by atoms with E-state index in [9.17, 15) is 17.6 Å². The lowest BCUT2D eigenvalue weighted by atomic mass is 10.1. The van der Waals surface area contributed by atoms with Crippen molar-refractivity contribution in [1.82, 2.24) is 4.90 Å². The molecule has 2 rings (SSSR count). The first kappa shape index (κ1) is 19.6. The molecule has 20 heavy (non-hydrogen) atoms. The van der Waals surface area contributed by atoms with Gasteiger partial charge in [0, 0.05) is 19.0 Å². The van der Waals surface area contributed by atoms with Crippen LogP contribution >= 0.6 is 0 Å². The van der Waals surface area contributed by atoms with Crippen LogP contribution in [0.2, 0.25) is 0 Å². The van der Waals surface area contributed by atoms with Gasteiger partial charge in [0.05, 0.1) is 18.1 Å². The number of aliphatic hydroxyl groups is 2. The maximum absolute atomic E-state index is 12.0. The van der Waals surface area contributed by atoms with Crippen LogP contribution in [-0.2, 0) is 0 Å². The SMILES string of the molecule is C.CN1C[C@@H](O)[C@H](C(F)F)C1.O[C@@H]1CCC[C@H]1C(F)F. The Kier molecular flexibility index (Phi) is 8.62. The first-order chi connectivity index (χ1) is 8.82. The van der Waals surface area contributed by atoms with Crippen molar-refractivity contribution in [3.05, 3.63) is 0 Å². The number of likely N-dealkylation sites (tertiary alicyclic amines) is 1. The van der Waals surface area contributed by atoms with Gasteiger partial charge in [0.25, 0.3) is 0 Å². The topological polar surface area (TPSA) is 43.7 Å². The van der Waals surface area contributed by atoms with Crippen molar-refractivity contribution in [3.63, 3.8) is 0 Å². The third-order valence-corrected chi connectivity index (χ3v) is 3.69. The molecule has 0 bridgehead atoms. The Labute approximate surface area is 117 Å². The standard InChI is InChI=1S/C6H11F2NO.C6H10F2O.CH4/c1-9-2-4(6(7)8)5(10)3-9;7-6(8)4-2-1-3-5(4)9;/h4-6,10H,2-3H2,1H3;4-6,9H,1-3H2;1H4/t2*4-,5-;/m11./s1. The minimum absolute atomic E-state index is 0.